The zero-order chi connectivity index (χ0) is 20.9. The molecular formula is C20H23N5O3S. The number of nitrogens with one attached hydrogen (secondary N) is 1. The third kappa shape index (κ3) is 4.87. The van der Waals surface area contributed by atoms with Crippen LogP contribution >= 0.6 is 0 Å². The van der Waals surface area contributed by atoms with Gasteiger partial charge in [0.25, 0.3) is 5.91 Å². The highest BCUT2D eigenvalue weighted by Crippen LogP contribution is 2.17. The van der Waals surface area contributed by atoms with E-state index in [-0.39, 0.29) is 10.8 Å². The Labute approximate surface area is 170 Å². The number of hydrogen-bond acceptors (Lipinski definition) is 5. The Hall–Kier alpha value is -3.04. The van der Waals surface area contributed by atoms with Crippen molar-refractivity contribution in [2.75, 3.05) is 18.4 Å². The normalized spacial score (nSPS) is 11.6. The van der Waals surface area contributed by atoms with Gasteiger partial charge in [-0.05, 0) is 36.4 Å². The minimum atomic E-state index is -3.55. The lowest BCUT2D eigenvalue weighted by atomic mass is 10.2. The smallest absolute Gasteiger partial charge is 0.256 e. The second-order valence-electron chi connectivity index (χ2n) is 6.29. The van der Waals surface area contributed by atoms with Crippen LogP contribution in [0.2, 0.25) is 0 Å². The van der Waals surface area contributed by atoms with E-state index in [1.807, 2.05) is 18.2 Å². The van der Waals surface area contributed by atoms with Gasteiger partial charge in [0.1, 0.15) is 0 Å². The molecule has 2 aromatic heterocycles. The van der Waals surface area contributed by atoms with Crippen molar-refractivity contribution < 1.29 is 13.2 Å². The SMILES string of the molecule is CCN(CC)S(=O)(=O)c1ccc(C(=O)Nc2ccn(Cc3ccccn3)n2)cc1. The quantitative estimate of drug-likeness (QED) is 0.612. The molecule has 1 N–H and O–H groups in total. The summed E-state index contributed by atoms with van der Waals surface area (Å²) in [5, 5.41) is 7.03. The van der Waals surface area contributed by atoms with Crippen molar-refractivity contribution >= 4 is 21.7 Å². The highest BCUT2D eigenvalue weighted by molar-refractivity contribution is 7.89. The fraction of sp³-hybridized carbons (Fsp3) is 0.250. The van der Waals surface area contributed by atoms with Crippen LogP contribution in [0.25, 0.3) is 0 Å². The van der Waals surface area contributed by atoms with Crippen LogP contribution in [0.5, 0.6) is 0 Å². The number of nitrogens with zero attached hydrogens (tertiary/aromatic N) is 4. The molecule has 0 radical (unpaired) electrons. The molecule has 0 atom stereocenters. The molecule has 1 aromatic carbocycles. The monoisotopic (exact) mass is 413 g/mol. The van der Waals surface area contributed by atoms with Gasteiger partial charge in [0.05, 0.1) is 17.1 Å². The van der Waals surface area contributed by atoms with Crippen molar-refractivity contribution in [3.63, 3.8) is 0 Å². The van der Waals surface area contributed by atoms with Crippen LogP contribution < -0.4 is 5.32 Å². The Balaban J connectivity index is 1.67. The van der Waals surface area contributed by atoms with Gasteiger partial charge in [-0.1, -0.05) is 19.9 Å². The molecule has 152 valence electrons. The number of carbonyl (C=O) groups excluding carboxylic acids is 1. The van der Waals surface area contributed by atoms with Crippen molar-refractivity contribution in [2.24, 2.45) is 0 Å². The lowest BCUT2D eigenvalue weighted by Gasteiger charge is -2.18. The molecule has 0 bridgehead atoms. The van der Waals surface area contributed by atoms with E-state index in [4.69, 9.17) is 0 Å². The fourth-order valence-electron chi connectivity index (χ4n) is 2.85. The molecule has 2 heterocycles. The summed E-state index contributed by atoms with van der Waals surface area (Å²) in [6.07, 6.45) is 3.47. The molecule has 0 fully saturated rings. The number of benzene rings is 1. The van der Waals surface area contributed by atoms with E-state index < -0.39 is 10.0 Å². The third-order valence-electron chi connectivity index (χ3n) is 4.39. The second kappa shape index (κ2) is 8.97. The molecule has 1 amide bonds. The molecule has 0 aliphatic rings. The number of hydrogen-bond donors (Lipinski definition) is 1. The molecule has 8 nitrogen and oxygen atoms in total. The maximum Gasteiger partial charge on any atom is 0.256 e. The second-order valence-corrected chi connectivity index (χ2v) is 8.23. The Morgan fingerprint density at radius 3 is 2.41 bits per heavy atom. The van der Waals surface area contributed by atoms with Gasteiger partial charge in [-0.2, -0.15) is 9.40 Å². The van der Waals surface area contributed by atoms with Gasteiger partial charge in [0.2, 0.25) is 10.0 Å². The average molecular weight is 414 g/mol. The van der Waals surface area contributed by atoms with E-state index in [1.165, 1.54) is 28.6 Å². The van der Waals surface area contributed by atoms with Crippen molar-refractivity contribution in [1.82, 2.24) is 19.1 Å². The first kappa shape index (κ1) is 20.7. The van der Waals surface area contributed by atoms with Gasteiger partial charge in [-0.15, -0.1) is 0 Å². The molecule has 0 unspecified atom stereocenters. The van der Waals surface area contributed by atoms with Crippen LogP contribution in [0.4, 0.5) is 5.82 Å². The fourth-order valence-corrected chi connectivity index (χ4v) is 4.31. The van der Waals surface area contributed by atoms with Gasteiger partial charge in [-0.25, -0.2) is 8.42 Å². The summed E-state index contributed by atoms with van der Waals surface area (Å²) < 4.78 is 28.1. The summed E-state index contributed by atoms with van der Waals surface area (Å²) in [5.41, 5.74) is 1.21. The van der Waals surface area contributed by atoms with E-state index in [9.17, 15) is 13.2 Å². The van der Waals surface area contributed by atoms with Gasteiger partial charge in [0, 0.05) is 37.1 Å². The molecule has 9 heteroatoms. The van der Waals surface area contributed by atoms with Crippen molar-refractivity contribution in [3.8, 4) is 0 Å². The number of carbonyl (C=O) groups is 1. The Bertz CT molecular complexity index is 1060. The summed E-state index contributed by atoms with van der Waals surface area (Å²) in [4.78, 5) is 16.9. The first-order valence-corrected chi connectivity index (χ1v) is 10.7. The lowest BCUT2D eigenvalue weighted by molar-refractivity contribution is 0.102. The van der Waals surface area contributed by atoms with E-state index in [2.05, 4.69) is 15.4 Å². The van der Waals surface area contributed by atoms with Crippen LogP contribution in [-0.4, -0.2) is 46.5 Å². The number of amides is 1. The molecule has 0 aliphatic carbocycles. The van der Waals surface area contributed by atoms with Crippen LogP contribution in [0, 0.1) is 0 Å². The van der Waals surface area contributed by atoms with Crippen LogP contribution in [-0.2, 0) is 16.6 Å². The van der Waals surface area contributed by atoms with Crippen molar-refractivity contribution in [3.05, 3.63) is 72.2 Å². The summed E-state index contributed by atoms with van der Waals surface area (Å²) in [6, 6.07) is 13.2. The van der Waals surface area contributed by atoms with Gasteiger partial charge in [-0.3, -0.25) is 14.5 Å². The highest BCUT2D eigenvalue weighted by atomic mass is 32.2. The molecule has 0 spiro atoms. The standard InChI is InChI=1S/C20H23N5O3S/c1-3-25(4-2)29(27,28)18-10-8-16(9-11-18)20(26)22-19-12-14-24(23-19)15-17-7-5-6-13-21-17/h5-14H,3-4,15H2,1-2H3,(H,22,23,26). The molecule has 3 rings (SSSR count). The van der Waals surface area contributed by atoms with Gasteiger partial charge < -0.3 is 5.32 Å². The highest BCUT2D eigenvalue weighted by Gasteiger charge is 2.21. The predicted octanol–water partition coefficient (Wildman–Crippen LogP) is 2.61. The first-order valence-electron chi connectivity index (χ1n) is 9.29. The van der Waals surface area contributed by atoms with E-state index in [0.29, 0.717) is 31.0 Å². The maximum atomic E-state index is 12.5. The average Bonchev–Trinajstić information content (AvgIpc) is 3.16. The Kier molecular flexibility index (Phi) is 6.40. The topological polar surface area (TPSA) is 97.2 Å². The van der Waals surface area contributed by atoms with Gasteiger partial charge >= 0.3 is 0 Å². The summed E-state index contributed by atoms with van der Waals surface area (Å²) in [7, 11) is -3.55. The Morgan fingerprint density at radius 1 is 1.07 bits per heavy atom. The van der Waals surface area contributed by atoms with Crippen molar-refractivity contribution in [2.45, 2.75) is 25.3 Å². The minimum Gasteiger partial charge on any atom is -0.305 e. The third-order valence-corrected chi connectivity index (χ3v) is 6.46. The summed E-state index contributed by atoms with van der Waals surface area (Å²) >= 11 is 0. The van der Waals surface area contributed by atoms with Crippen molar-refractivity contribution in [1.29, 1.82) is 0 Å². The van der Waals surface area contributed by atoms with E-state index in [0.717, 1.165) is 5.69 Å². The summed E-state index contributed by atoms with van der Waals surface area (Å²) in [5.74, 6) is 0.0469. The van der Waals surface area contributed by atoms with Crippen LogP contribution in [0.3, 0.4) is 0 Å². The number of sulfonamides is 1. The largest absolute Gasteiger partial charge is 0.305 e. The molecule has 0 saturated carbocycles. The predicted molar refractivity (Wildman–Crippen MR) is 110 cm³/mol. The van der Waals surface area contributed by atoms with Crippen LogP contribution in [0.1, 0.15) is 29.9 Å². The van der Waals surface area contributed by atoms with Gasteiger partial charge in [0.15, 0.2) is 5.82 Å². The maximum absolute atomic E-state index is 12.5. The first-order chi connectivity index (χ1) is 13.9. The summed E-state index contributed by atoms with van der Waals surface area (Å²) in [6.45, 7) is 4.85. The number of aromatic nitrogens is 3. The minimum absolute atomic E-state index is 0.164. The molecule has 0 aliphatic heterocycles. The van der Waals surface area contributed by atoms with Crippen LogP contribution in [0.15, 0.2) is 65.8 Å². The number of anilines is 1. The molecule has 0 saturated heterocycles. The zero-order valence-electron chi connectivity index (χ0n) is 16.3. The molecular weight excluding hydrogens is 390 g/mol. The molecule has 3 aromatic rings. The number of rotatable bonds is 8. The lowest BCUT2D eigenvalue weighted by Crippen LogP contribution is -2.30. The molecule has 29 heavy (non-hydrogen) atoms. The van der Waals surface area contributed by atoms with E-state index in [1.54, 1.807) is 37.0 Å². The van der Waals surface area contributed by atoms with E-state index >= 15 is 0 Å². The zero-order valence-corrected chi connectivity index (χ0v) is 17.1. The Morgan fingerprint density at radius 2 is 1.79 bits per heavy atom. The number of pyridine rings is 1.